The first kappa shape index (κ1) is 14.0. The van der Waals surface area contributed by atoms with Gasteiger partial charge >= 0.3 is 0 Å². The van der Waals surface area contributed by atoms with Crippen LogP contribution in [0.2, 0.25) is 0 Å². The van der Waals surface area contributed by atoms with E-state index < -0.39 is 0 Å². The zero-order chi connectivity index (χ0) is 12.2. The van der Waals surface area contributed by atoms with Gasteiger partial charge in [0, 0.05) is 12.6 Å². The Balaban J connectivity index is 2.37. The summed E-state index contributed by atoms with van der Waals surface area (Å²) in [7, 11) is 0. The van der Waals surface area contributed by atoms with E-state index in [4.69, 9.17) is 0 Å². The van der Waals surface area contributed by atoms with E-state index in [-0.39, 0.29) is 0 Å². The van der Waals surface area contributed by atoms with Gasteiger partial charge in [0.1, 0.15) is 0 Å². The molecule has 2 nitrogen and oxygen atoms in total. The summed E-state index contributed by atoms with van der Waals surface area (Å²) in [6.45, 7) is 15.3. The molecule has 2 heteroatoms. The Labute approximate surface area is 102 Å². The zero-order valence-corrected chi connectivity index (χ0v) is 11.8. The molecule has 1 aliphatic rings. The van der Waals surface area contributed by atoms with Crippen molar-refractivity contribution in [3.05, 3.63) is 0 Å². The van der Waals surface area contributed by atoms with Crippen LogP contribution in [0.3, 0.4) is 0 Å². The van der Waals surface area contributed by atoms with Gasteiger partial charge in [-0.05, 0) is 50.1 Å². The molecule has 0 spiro atoms. The summed E-state index contributed by atoms with van der Waals surface area (Å²) < 4.78 is 0. The third-order valence-corrected chi connectivity index (χ3v) is 4.32. The van der Waals surface area contributed by atoms with E-state index in [1.165, 1.54) is 25.9 Å². The van der Waals surface area contributed by atoms with Crippen molar-refractivity contribution in [3.63, 3.8) is 0 Å². The van der Waals surface area contributed by atoms with Gasteiger partial charge in [0.05, 0.1) is 0 Å². The summed E-state index contributed by atoms with van der Waals surface area (Å²) >= 11 is 0. The van der Waals surface area contributed by atoms with Crippen molar-refractivity contribution < 1.29 is 0 Å². The summed E-state index contributed by atoms with van der Waals surface area (Å²) in [5.74, 6) is 1.60. The highest BCUT2D eigenvalue weighted by molar-refractivity contribution is 4.85. The fraction of sp³-hybridized carbons (Fsp3) is 1.00. The predicted molar refractivity (Wildman–Crippen MR) is 71.7 cm³/mol. The van der Waals surface area contributed by atoms with Crippen molar-refractivity contribution in [2.75, 3.05) is 19.6 Å². The molecule has 1 fully saturated rings. The molecule has 16 heavy (non-hydrogen) atoms. The van der Waals surface area contributed by atoms with E-state index >= 15 is 0 Å². The Morgan fingerprint density at radius 3 is 2.25 bits per heavy atom. The van der Waals surface area contributed by atoms with Crippen LogP contribution in [0.25, 0.3) is 0 Å². The van der Waals surface area contributed by atoms with E-state index in [0.717, 1.165) is 18.4 Å². The van der Waals surface area contributed by atoms with E-state index in [1.807, 2.05) is 0 Å². The van der Waals surface area contributed by atoms with Gasteiger partial charge in [0.25, 0.3) is 0 Å². The van der Waals surface area contributed by atoms with Crippen LogP contribution in [0.4, 0.5) is 0 Å². The van der Waals surface area contributed by atoms with E-state index in [0.29, 0.717) is 11.5 Å². The van der Waals surface area contributed by atoms with E-state index in [9.17, 15) is 0 Å². The Hall–Kier alpha value is -0.0800. The molecule has 1 aliphatic heterocycles. The fourth-order valence-corrected chi connectivity index (χ4v) is 2.41. The SMILES string of the molecule is CC(C)C(C)NCC(C)(C)C1CCNCC1. The van der Waals surface area contributed by atoms with E-state index in [1.54, 1.807) is 0 Å². The lowest BCUT2D eigenvalue weighted by Crippen LogP contribution is -2.44. The minimum absolute atomic E-state index is 0.436. The second-order valence-electron chi connectivity index (χ2n) is 6.43. The first-order valence-corrected chi connectivity index (χ1v) is 6.87. The van der Waals surface area contributed by atoms with Gasteiger partial charge < -0.3 is 10.6 Å². The minimum Gasteiger partial charge on any atom is -0.317 e. The molecule has 2 N–H and O–H groups in total. The quantitative estimate of drug-likeness (QED) is 0.753. The molecule has 1 heterocycles. The maximum absolute atomic E-state index is 3.70. The smallest absolute Gasteiger partial charge is 0.00619 e. The van der Waals surface area contributed by atoms with Crippen molar-refractivity contribution >= 4 is 0 Å². The average molecular weight is 226 g/mol. The molecule has 0 aromatic carbocycles. The van der Waals surface area contributed by atoms with Crippen molar-refractivity contribution in [1.29, 1.82) is 0 Å². The van der Waals surface area contributed by atoms with E-state index in [2.05, 4.69) is 45.3 Å². The first-order chi connectivity index (χ1) is 7.43. The summed E-state index contributed by atoms with van der Waals surface area (Å²) in [6.07, 6.45) is 2.68. The van der Waals surface area contributed by atoms with Crippen LogP contribution in [-0.2, 0) is 0 Å². The fourth-order valence-electron chi connectivity index (χ4n) is 2.41. The normalized spacial score (nSPS) is 21.4. The zero-order valence-electron chi connectivity index (χ0n) is 11.8. The summed E-state index contributed by atoms with van der Waals surface area (Å²) in [5.41, 5.74) is 0.436. The third-order valence-electron chi connectivity index (χ3n) is 4.32. The van der Waals surface area contributed by atoms with Crippen molar-refractivity contribution in [1.82, 2.24) is 10.6 Å². The van der Waals surface area contributed by atoms with Gasteiger partial charge in [-0.25, -0.2) is 0 Å². The average Bonchev–Trinajstić information content (AvgIpc) is 2.27. The molecule has 0 aliphatic carbocycles. The van der Waals surface area contributed by atoms with Crippen molar-refractivity contribution in [2.45, 2.75) is 53.5 Å². The van der Waals surface area contributed by atoms with Gasteiger partial charge in [-0.15, -0.1) is 0 Å². The van der Waals surface area contributed by atoms with Gasteiger partial charge in [-0.3, -0.25) is 0 Å². The van der Waals surface area contributed by atoms with Crippen LogP contribution < -0.4 is 10.6 Å². The monoisotopic (exact) mass is 226 g/mol. The van der Waals surface area contributed by atoms with Crippen molar-refractivity contribution in [3.8, 4) is 0 Å². The van der Waals surface area contributed by atoms with Crippen LogP contribution in [0, 0.1) is 17.3 Å². The van der Waals surface area contributed by atoms with Gasteiger partial charge in [0.15, 0.2) is 0 Å². The lowest BCUT2D eigenvalue weighted by atomic mass is 9.74. The summed E-state index contributed by atoms with van der Waals surface area (Å²) in [4.78, 5) is 0. The number of hydrogen-bond acceptors (Lipinski definition) is 2. The van der Waals surface area contributed by atoms with Crippen molar-refractivity contribution in [2.24, 2.45) is 17.3 Å². The Kier molecular flexibility index (Phi) is 5.26. The van der Waals surface area contributed by atoms with Crippen LogP contribution in [-0.4, -0.2) is 25.7 Å². The van der Waals surface area contributed by atoms with Gasteiger partial charge in [-0.2, -0.15) is 0 Å². The maximum Gasteiger partial charge on any atom is 0.00619 e. The second-order valence-corrected chi connectivity index (χ2v) is 6.43. The molecule has 1 saturated heterocycles. The number of rotatable bonds is 5. The first-order valence-electron chi connectivity index (χ1n) is 6.87. The highest BCUT2D eigenvalue weighted by Crippen LogP contribution is 2.32. The lowest BCUT2D eigenvalue weighted by molar-refractivity contribution is 0.154. The van der Waals surface area contributed by atoms with Crippen LogP contribution in [0.5, 0.6) is 0 Å². The number of piperidine rings is 1. The van der Waals surface area contributed by atoms with Gasteiger partial charge in [-0.1, -0.05) is 27.7 Å². The number of nitrogens with one attached hydrogen (secondary N) is 2. The molecule has 1 rings (SSSR count). The molecule has 0 aromatic heterocycles. The molecule has 0 radical (unpaired) electrons. The second kappa shape index (κ2) is 6.02. The molecular weight excluding hydrogens is 196 g/mol. The maximum atomic E-state index is 3.70. The Morgan fingerprint density at radius 1 is 1.19 bits per heavy atom. The highest BCUT2D eigenvalue weighted by Gasteiger charge is 2.30. The Bertz CT molecular complexity index is 193. The Morgan fingerprint density at radius 2 is 1.75 bits per heavy atom. The molecule has 0 bridgehead atoms. The molecule has 0 amide bonds. The van der Waals surface area contributed by atoms with Crippen LogP contribution in [0.15, 0.2) is 0 Å². The van der Waals surface area contributed by atoms with Crippen LogP contribution >= 0.6 is 0 Å². The molecule has 96 valence electrons. The third kappa shape index (κ3) is 4.06. The molecular formula is C14H30N2. The van der Waals surface area contributed by atoms with Crippen LogP contribution in [0.1, 0.15) is 47.5 Å². The predicted octanol–water partition coefficient (Wildman–Crippen LogP) is 2.65. The summed E-state index contributed by atoms with van der Waals surface area (Å²) in [5, 5.41) is 7.15. The highest BCUT2D eigenvalue weighted by atomic mass is 14.9. The molecule has 1 atom stereocenters. The lowest BCUT2D eigenvalue weighted by Gasteiger charge is -2.38. The minimum atomic E-state index is 0.436. The molecule has 1 unspecified atom stereocenters. The number of hydrogen-bond donors (Lipinski definition) is 2. The molecule has 0 saturated carbocycles. The topological polar surface area (TPSA) is 24.1 Å². The summed E-state index contributed by atoms with van der Waals surface area (Å²) in [6, 6.07) is 0.626. The van der Waals surface area contributed by atoms with Gasteiger partial charge in [0.2, 0.25) is 0 Å². The standard InChI is InChI=1S/C14H30N2/c1-11(2)12(3)16-10-14(4,5)13-6-8-15-9-7-13/h11-13,15-16H,6-10H2,1-5H3. The largest absolute Gasteiger partial charge is 0.317 e. The molecule has 0 aromatic rings.